The summed E-state index contributed by atoms with van der Waals surface area (Å²) in [4.78, 5) is 11.8. The van der Waals surface area contributed by atoms with E-state index >= 15 is 0 Å². The maximum atomic E-state index is 11.8. The number of carbonyl (C=O) groups excluding carboxylic acids is 1. The Kier molecular flexibility index (Phi) is 16.1. The number of carbonyl (C=O) groups is 1. The van der Waals surface area contributed by atoms with Crippen molar-refractivity contribution in [3.8, 4) is 5.75 Å². The maximum absolute atomic E-state index is 11.8. The molecule has 0 aliphatic heterocycles. The first kappa shape index (κ1) is 23.7. The Labute approximate surface area is 180 Å². The average Bonchev–Trinajstić information content (AvgIpc) is 2.56. The van der Waals surface area contributed by atoms with Crippen LogP contribution in [-0.4, -0.2) is 55.4 Å². The summed E-state index contributed by atoms with van der Waals surface area (Å²) < 4.78 is 5.19. The van der Waals surface area contributed by atoms with Gasteiger partial charge in [-0.15, -0.1) is 0 Å². The molecule has 0 radical (unpaired) electrons. The Balaban J connectivity index is -0.00000176. The fraction of sp³-hybridized carbons (Fsp3) is 0.650. The molecule has 0 saturated carbocycles. The van der Waals surface area contributed by atoms with Gasteiger partial charge in [0.25, 0.3) is 0 Å². The quantitative estimate of drug-likeness (QED) is 0.278. The molecule has 0 aromatic heterocycles. The third-order valence-corrected chi connectivity index (χ3v) is 4.11. The van der Waals surface area contributed by atoms with Crippen LogP contribution < -0.4 is 0 Å². The number of para-hydroxylation sites is 1. The molecule has 0 fully saturated rings. The molecule has 0 aliphatic rings. The molecular weight excluding hydrogens is 328 g/mol. The first-order valence-electron chi connectivity index (χ1n) is 9.20. The molecule has 134 valence electrons. The Bertz CT molecular complexity index is 445. The van der Waals surface area contributed by atoms with E-state index in [4.69, 9.17) is 4.74 Å². The normalized spacial score (nSPS) is 10.2. The zero-order valence-electron chi connectivity index (χ0n) is 17.3. The second kappa shape index (κ2) is 16.2. The number of rotatable bonds is 13. The predicted molar refractivity (Wildman–Crippen MR) is 103 cm³/mol. The number of unbranched alkanes of at least 4 members (excludes halogenated alkanes) is 10. The number of phenolic OH excluding ortho intramolecular Hbond substituents is 1. The molecule has 0 unspecified atom stereocenters. The van der Waals surface area contributed by atoms with Crippen LogP contribution in [0.1, 0.15) is 90.8 Å². The number of ether oxygens (including phenoxy) is 1. The number of hydrogen-bond acceptors (Lipinski definition) is 3. The van der Waals surface area contributed by atoms with Gasteiger partial charge in [-0.2, -0.15) is 0 Å². The van der Waals surface area contributed by atoms with Gasteiger partial charge in [0.2, 0.25) is 0 Å². The molecule has 0 aliphatic carbocycles. The molecule has 0 amide bonds. The second-order valence-electron chi connectivity index (χ2n) is 6.19. The molecule has 24 heavy (non-hydrogen) atoms. The van der Waals surface area contributed by atoms with Gasteiger partial charge in [0.15, 0.2) is 0 Å². The van der Waals surface area contributed by atoms with E-state index in [2.05, 4.69) is 6.92 Å². The Morgan fingerprint density at radius 2 is 1.42 bits per heavy atom. The van der Waals surface area contributed by atoms with Crippen molar-refractivity contribution in [1.82, 2.24) is 0 Å². The Hall–Kier alpha value is -0.250. The minimum absolute atomic E-state index is 0. The third-order valence-electron chi connectivity index (χ3n) is 4.11. The summed E-state index contributed by atoms with van der Waals surface area (Å²) in [5.41, 5.74) is 0.246. The molecule has 0 atom stereocenters. The number of hydrogen-bond donors (Lipinski definition) is 1. The minimum atomic E-state index is -0.435. The van der Waals surface area contributed by atoms with Crippen LogP contribution >= 0.6 is 0 Å². The molecule has 1 aromatic rings. The van der Waals surface area contributed by atoms with Gasteiger partial charge in [0.05, 0.1) is 6.61 Å². The van der Waals surface area contributed by atoms with Gasteiger partial charge >= 0.3 is 43.7 Å². The fourth-order valence-electron chi connectivity index (χ4n) is 2.66. The van der Waals surface area contributed by atoms with Crippen LogP contribution in [0, 0.1) is 0 Å². The van der Waals surface area contributed by atoms with Crippen molar-refractivity contribution in [3.05, 3.63) is 29.8 Å². The van der Waals surface area contributed by atoms with E-state index in [1.807, 2.05) is 0 Å². The summed E-state index contributed by atoms with van der Waals surface area (Å²) >= 11 is 0. The van der Waals surface area contributed by atoms with Crippen molar-refractivity contribution in [2.24, 2.45) is 0 Å². The first-order valence-corrected chi connectivity index (χ1v) is 9.20. The summed E-state index contributed by atoms with van der Waals surface area (Å²) in [6.45, 7) is 2.68. The molecule has 3 nitrogen and oxygen atoms in total. The van der Waals surface area contributed by atoms with E-state index in [0.29, 0.717) is 6.61 Å². The maximum Gasteiger partial charge on any atom is 2.00 e. The monoisotopic (exact) mass is 362 g/mol. The van der Waals surface area contributed by atoms with Gasteiger partial charge in [0, 0.05) is 0 Å². The van der Waals surface area contributed by atoms with Crippen molar-refractivity contribution in [3.63, 3.8) is 0 Å². The molecular formula is C20H34CaO3. The van der Waals surface area contributed by atoms with E-state index in [1.165, 1.54) is 63.9 Å². The molecule has 0 heterocycles. The van der Waals surface area contributed by atoms with Crippen molar-refractivity contribution < 1.29 is 17.5 Å². The zero-order valence-corrected chi connectivity index (χ0v) is 17.5. The summed E-state index contributed by atoms with van der Waals surface area (Å²) in [5, 5.41) is 9.57. The van der Waals surface area contributed by atoms with Gasteiger partial charge in [-0.1, -0.05) is 83.3 Å². The zero-order chi connectivity index (χ0) is 16.8. The number of benzene rings is 1. The molecule has 0 spiro atoms. The summed E-state index contributed by atoms with van der Waals surface area (Å²) in [7, 11) is 0. The first-order chi connectivity index (χ1) is 11.3. The number of phenols is 1. The smallest absolute Gasteiger partial charge is 1.00 e. The number of esters is 1. The van der Waals surface area contributed by atoms with Crippen molar-refractivity contribution in [2.75, 3.05) is 6.61 Å². The molecule has 1 N–H and O–H groups in total. The molecule has 0 bridgehead atoms. The SMILES string of the molecule is CCCCCCCCCCCCCOC(=O)c1ccccc1O.[Ca+2].[H-].[H-]. The van der Waals surface area contributed by atoms with E-state index in [0.717, 1.165) is 12.8 Å². The molecule has 1 aromatic carbocycles. The van der Waals surface area contributed by atoms with Crippen LogP contribution in [0.5, 0.6) is 5.75 Å². The standard InChI is InChI=1S/C20H32O3.Ca.2H/c1-2-3-4-5-6-7-8-9-10-11-14-17-23-20(22)18-15-12-13-16-19(18)21;;;/h12-13,15-16,21H,2-11,14,17H2,1H3;;;/q;+2;2*-1. The van der Waals surface area contributed by atoms with Gasteiger partial charge in [-0.3, -0.25) is 0 Å². The van der Waals surface area contributed by atoms with Gasteiger partial charge in [-0.25, -0.2) is 4.79 Å². The molecule has 4 heteroatoms. The van der Waals surface area contributed by atoms with Gasteiger partial charge in [0.1, 0.15) is 11.3 Å². The molecule has 0 saturated heterocycles. The average molecular weight is 363 g/mol. The Morgan fingerprint density at radius 3 is 1.96 bits per heavy atom. The summed E-state index contributed by atoms with van der Waals surface area (Å²) in [6.07, 6.45) is 14.0. The van der Waals surface area contributed by atoms with Gasteiger partial charge < -0.3 is 12.7 Å². The second-order valence-corrected chi connectivity index (χ2v) is 6.19. The van der Waals surface area contributed by atoms with E-state index in [1.54, 1.807) is 18.2 Å². The van der Waals surface area contributed by atoms with E-state index < -0.39 is 5.97 Å². The van der Waals surface area contributed by atoms with E-state index in [-0.39, 0.29) is 51.9 Å². The molecule has 1 rings (SSSR count). The van der Waals surface area contributed by atoms with Crippen LogP contribution in [0.15, 0.2) is 24.3 Å². The van der Waals surface area contributed by atoms with Crippen molar-refractivity contribution in [2.45, 2.75) is 77.6 Å². The van der Waals surface area contributed by atoms with Crippen LogP contribution in [0.2, 0.25) is 0 Å². The summed E-state index contributed by atoms with van der Waals surface area (Å²) in [6, 6.07) is 6.49. The van der Waals surface area contributed by atoms with E-state index in [9.17, 15) is 9.90 Å². The van der Waals surface area contributed by atoms with Crippen molar-refractivity contribution in [1.29, 1.82) is 0 Å². The van der Waals surface area contributed by atoms with Crippen molar-refractivity contribution >= 4 is 43.7 Å². The van der Waals surface area contributed by atoms with Crippen LogP contribution in [-0.2, 0) is 4.74 Å². The van der Waals surface area contributed by atoms with Crippen LogP contribution in [0.4, 0.5) is 0 Å². The number of aromatic hydroxyl groups is 1. The largest absolute Gasteiger partial charge is 2.00 e. The van der Waals surface area contributed by atoms with Crippen LogP contribution in [0.3, 0.4) is 0 Å². The van der Waals surface area contributed by atoms with Crippen LogP contribution in [0.25, 0.3) is 0 Å². The topological polar surface area (TPSA) is 46.5 Å². The predicted octanol–water partition coefficient (Wildman–Crippen LogP) is 5.70. The fourth-order valence-corrected chi connectivity index (χ4v) is 2.66. The Morgan fingerprint density at radius 1 is 0.917 bits per heavy atom. The third kappa shape index (κ3) is 11.3. The summed E-state index contributed by atoms with van der Waals surface area (Å²) in [5.74, 6) is -0.452. The minimum Gasteiger partial charge on any atom is -1.00 e. The van der Waals surface area contributed by atoms with Gasteiger partial charge in [-0.05, 0) is 18.6 Å².